The summed E-state index contributed by atoms with van der Waals surface area (Å²) < 4.78 is 23.5. The summed E-state index contributed by atoms with van der Waals surface area (Å²) >= 11 is 0. The van der Waals surface area contributed by atoms with Crippen LogP contribution in [0.5, 0.6) is 34.5 Å². The van der Waals surface area contributed by atoms with Crippen LogP contribution >= 0.6 is 0 Å². The SMILES string of the molecule is c1ccc(Oc2cc3c4c(c2)N(c2ccccc2)c2ccccc2B4c2cc4c(cc2O3)-n2c3ccccc3c3c(Oc5ccccc5)cc5c(c32)B4c2ccccc2N5c2ccccc2)cc1. The molecular formula is C60H37B2N3O3. The lowest BCUT2D eigenvalue weighted by atomic mass is 9.31. The maximum absolute atomic E-state index is 7.34. The van der Waals surface area contributed by atoms with Crippen LogP contribution in [0.3, 0.4) is 0 Å². The lowest BCUT2D eigenvalue weighted by Crippen LogP contribution is -2.63. The molecule has 0 saturated carbocycles. The van der Waals surface area contributed by atoms with E-state index in [0.29, 0.717) is 5.75 Å². The number of ether oxygens (including phenoxy) is 3. The Kier molecular flexibility index (Phi) is 7.86. The molecule has 316 valence electrons. The molecule has 11 aromatic rings. The van der Waals surface area contributed by atoms with E-state index in [-0.39, 0.29) is 13.4 Å². The highest BCUT2D eigenvalue weighted by atomic mass is 16.5. The summed E-state index contributed by atoms with van der Waals surface area (Å²) in [5.74, 6) is 4.68. The van der Waals surface area contributed by atoms with Crippen LogP contribution in [0.1, 0.15) is 0 Å². The van der Waals surface area contributed by atoms with Crippen molar-refractivity contribution in [1.82, 2.24) is 4.57 Å². The summed E-state index contributed by atoms with van der Waals surface area (Å²) in [7, 11) is 0. The van der Waals surface area contributed by atoms with E-state index in [0.717, 1.165) is 101 Å². The maximum Gasteiger partial charge on any atom is 0.256 e. The van der Waals surface area contributed by atoms with Crippen molar-refractivity contribution in [2.45, 2.75) is 0 Å². The van der Waals surface area contributed by atoms with Gasteiger partial charge < -0.3 is 28.6 Å². The molecule has 0 radical (unpaired) electrons. The molecule has 0 bridgehead atoms. The monoisotopic (exact) mass is 869 g/mol. The smallest absolute Gasteiger partial charge is 0.256 e. The van der Waals surface area contributed by atoms with E-state index in [2.05, 4.69) is 178 Å². The van der Waals surface area contributed by atoms with Crippen LogP contribution in [-0.2, 0) is 0 Å². The molecule has 1 aromatic heterocycles. The second kappa shape index (κ2) is 14.3. The highest BCUT2D eigenvalue weighted by Crippen LogP contribution is 2.49. The average molecular weight is 870 g/mol. The van der Waals surface area contributed by atoms with Gasteiger partial charge in [-0.25, -0.2) is 0 Å². The van der Waals surface area contributed by atoms with E-state index in [4.69, 9.17) is 14.2 Å². The van der Waals surface area contributed by atoms with Crippen molar-refractivity contribution in [3.63, 3.8) is 0 Å². The Labute approximate surface area is 393 Å². The Morgan fingerprint density at radius 3 is 1.57 bits per heavy atom. The molecule has 4 aliphatic rings. The van der Waals surface area contributed by atoms with E-state index in [1.54, 1.807) is 0 Å². The van der Waals surface area contributed by atoms with Crippen LogP contribution in [0.2, 0.25) is 0 Å². The summed E-state index contributed by atoms with van der Waals surface area (Å²) in [6.07, 6.45) is 0. The van der Waals surface area contributed by atoms with Crippen molar-refractivity contribution in [2.24, 2.45) is 0 Å². The Morgan fingerprint density at radius 1 is 0.368 bits per heavy atom. The lowest BCUT2D eigenvalue weighted by molar-refractivity contribution is 0.463. The van der Waals surface area contributed by atoms with E-state index in [9.17, 15) is 0 Å². The minimum atomic E-state index is -0.125. The van der Waals surface area contributed by atoms with Gasteiger partial charge in [-0.15, -0.1) is 0 Å². The van der Waals surface area contributed by atoms with Crippen LogP contribution in [0.4, 0.5) is 34.1 Å². The van der Waals surface area contributed by atoms with E-state index >= 15 is 0 Å². The largest absolute Gasteiger partial charge is 0.458 e. The first-order valence-corrected chi connectivity index (χ1v) is 23.2. The molecule has 0 N–H and O–H groups in total. The number of anilines is 6. The zero-order valence-corrected chi connectivity index (χ0v) is 36.6. The van der Waals surface area contributed by atoms with Gasteiger partial charge >= 0.3 is 0 Å². The Balaban J connectivity index is 1.03. The van der Waals surface area contributed by atoms with Gasteiger partial charge in [0.25, 0.3) is 13.4 Å². The fourth-order valence-corrected chi connectivity index (χ4v) is 11.6. The number of hydrogen-bond donors (Lipinski definition) is 0. The van der Waals surface area contributed by atoms with Crippen molar-refractivity contribution in [2.75, 3.05) is 9.80 Å². The van der Waals surface area contributed by atoms with Gasteiger partial charge in [-0.2, -0.15) is 0 Å². The molecule has 0 saturated heterocycles. The standard InChI is InChI=1S/C60H37B2N3O3/c1-5-19-38(20-6-1)63-50-32-18-15-29-45(50)62-47-35-46-51(36-54(47)68-56-34-42(33-52(63)58(56)62)66-40-23-9-3-10-24-40)65-48-30-16-13-27-43(48)57-55(67-41-25-11-4-12-26-41)37-53-59(60(57)65)61(46)44-28-14-17-31-49(44)64(53)39-21-7-2-8-22-39/h1-37H. The van der Waals surface area contributed by atoms with Crippen molar-refractivity contribution in [3.8, 4) is 40.2 Å². The van der Waals surface area contributed by atoms with E-state index < -0.39 is 0 Å². The lowest BCUT2D eigenvalue weighted by Gasteiger charge is -2.42. The number of rotatable bonds is 6. The maximum atomic E-state index is 7.34. The molecule has 15 rings (SSSR count). The van der Waals surface area contributed by atoms with Crippen LogP contribution < -0.4 is 56.8 Å². The molecule has 8 heteroatoms. The molecule has 0 fully saturated rings. The molecular weight excluding hydrogens is 832 g/mol. The zero-order valence-electron chi connectivity index (χ0n) is 36.6. The number of para-hydroxylation sites is 7. The second-order valence-electron chi connectivity index (χ2n) is 17.9. The fraction of sp³-hybridized carbons (Fsp3) is 0. The number of benzene rings is 10. The molecule has 0 aliphatic carbocycles. The highest BCUT2D eigenvalue weighted by molar-refractivity contribution is 7.02. The Morgan fingerprint density at radius 2 is 0.912 bits per heavy atom. The summed E-state index contributed by atoms with van der Waals surface area (Å²) in [4.78, 5) is 4.80. The molecule has 10 aromatic carbocycles. The molecule has 0 atom stereocenters. The van der Waals surface area contributed by atoms with E-state index in [1.807, 2.05) is 60.7 Å². The molecule has 68 heavy (non-hydrogen) atoms. The van der Waals surface area contributed by atoms with Crippen LogP contribution in [0.25, 0.3) is 27.5 Å². The second-order valence-corrected chi connectivity index (χ2v) is 17.9. The first kappa shape index (κ1) is 37.4. The van der Waals surface area contributed by atoms with Crippen molar-refractivity contribution in [1.29, 1.82) is 0 Å². The quantitative estimate of drug-likeness (QED) is 0.156. The summed E-state index contributed by atoms with van der Waals surface area (Å²) in [5, 5.41) is 2.22. The van der Waals surface area contributed by atoms with E-state index in [1.165, 1.54) is 21.9 Å². The molecule has 5 heterocycles. The number of nitrogens with zero attached hydrogens (tertiary/aromatic N) is 3. The first-order chi connectivity index (χ1) is 33.7. The minimum Gasteiger partial charge on any atom is -0.458 e. The third kappa shape index (κ3) is 5.31. The predicted molar refractivity (Wildman–Crippen MR) is 279 cm³/mol. The third-order valence-electron chi connectivity index (χ3n) is 14.3. The van der Waals surface area contributed by atoms with Gasteiger partial charge in [0, 0.05) is 69.5 Å². The molecule has 4 aliphatic heterocycles. The highest BCUT2D eigenvalue weighted by Gasteiger charge is 2.47. The topological polar surface area (TPSA) is 39.1 Å². The molecule has 0 spiro atoms. The van der Waals surface area contributed by atoms with Gasteiger partial charge in [0.1, 0.15) is 34.5 Å². The summed E-state index contributed by atoms with van der Waals surface area (Å²) in [5.41, 5.74) is 17.1. The van der Waals surface area contributed by atoms with Crippen molar-refractivity contribution < 1.29 is 14.2 Å². The van der Waals surface area contributed by atoms with Crippen LogP contribution in [0, 0.1) is 0 Å². The average Bonchev–Trinajstić information content (AvgIpc) is 3.75. The summed E-state index contributed by atoms with van der Waals surface area (Å²) in [6, 6.07) is 79.4. The van der Waals surface area contributed by atoms with Gasteiger partial charge in [0.15, 0.2) is 0 Å². The molecule has 0 amide bonds. The number of hydrogen-bond acceptors (Lipinski definition) is 5. The van der Waals surface area contributed by atoms with Crippen molar-refractivity contribution in [3.05, 3.63) is 224 Å². The summed E-state index contributed by atoms with van der Waals surface area (Å²) in [6.45, 7) is -0.228. The van der Waals surface area contributed by atoms with Gasteiger partial charge in [0.2, 0.25) is 0 Å². The van der Waals surface area contributed by atoms with Gasteiger partial charge in [-0.1, -0.05) is 133 Å². The van der Waals surface area contributed by atoms with Gasteiger partial charge in [-0.05, 0) is 99.5 Å². The number of fused-ring (bicyclic) bond motifs is 12. The van der Waals surface area contributed by atoms with Gasteiger partial charge in [-0.3, -0.25) is 0 Å². The van der Waals surface area contributed by atoms with Crippen molar-refractivity contribution >= 4 is 102 Å². The van der Waals surface area contributed by atoms with Crippen LogP contribution in [0.15, 0.2) is 224 Å². The Hall–Kier alpha value is -8.87. The fourth-order valence-electron chi connectivity index (χ4n) is 11.6. The van der Waals surface area contributed by atoms with Crippen LogP contribution in [-0.4, -0.2) is 18.0 Å². The van der Waals surface area contributed by atoms with Gasteiger partial charge in [0.05, 0.1) is 16.4 Å². The first-order valence-electron chi connectivity index (χ1n) is 23.2. The third-order valence-corrected chi connectivity index (χ3v) is 14.3. The molecule has 0 unspecified atom stereocenters. The minimum absolute atomic E-state index is 0.103. The Bertz CT molecular complexity index is 3860. The predicted octanol–water partition coefficient (Wildman–Crippen LogP) is 11.4. The normalized spacial score (nSPS) is 13.3. The molecule has 6 nitrogen and oxygen atoms in total. The number of aromatic nitrogens is 1. The zero-order chi connectivity index (χ0) is 44.5.